The standard InChI is InChI=1S/C19H20N4O3S3/c24-18(20-19-22-21-16(28-19)13-14-5-2-1-3-6-14)15-8-10-23(11-9-15)29(25,26)17-7-4-12-27-17/h1-7,12,15H,8-11,13H2,(H,20,22,24). The average molecular weight is 449 g/mol. The minimum Gasteiger partial charge on any atom is -0.300 e. The number of sulfonamides is 1. The van der Waals surface area contributed by atoms with E-state index in [1.807, 2.05) is 30.3 Å². The fourth-order valence-corrected chi connectivity index (χ4v) is 6.64. The van der Waals surface area contributed by atoms with Gasteiger partial charge in [-0.05, 0) is 29.9 Å². The molecule has 0 atom stereocenters. The van der Waals surface area contributed by atoms with Gasteiger partial charge in [0.05, 0.1) is 0 Å². The lowest BCUT2D eigenvalue weighted by molar-refractivity contribution is -0.120. The van der Waals surface area contributed by atoms with Crippen LogP contribution in [0.25, 0.3) is 0 Å². The van der Waals surface area contributed by atoms with Crippen molar-refractivity contribution in [3.05, 3.63) is 58.4 Å². The minimum absolute atomic E-state index is 0.124. The molecule has 1 saturated heterocycles. The molecule has 0 spiro atoms. The first kappa shape index (κ1) is 20.1. The lowest BCUT2D eigenvalue weighted by Crippen LogP contribution is -2.41. The van der Waals surface area contributed by atoms with E-state index in [1.165, 1.54) is 27.0 Å². The Hall–Kier alpha value is -2.14. The van der Waals surface area contributed by atoms with E-state index >= 15 is 0 Å². The van der Waals surface area contributed by atoms with Crippen LogP contribution >= 0.6 is 22.7 Å². The van der Waals surface area contributed by atoms with Gasteiger partial charge in [-0.2, -0.15) is 4.31 Å². The van der Waals surface area contributed by atoms with Gasteiger partial charge in [-0.25, -0.2) is 8.42 Å². The summed E-state index contributed by atoms with van der Waals surface area (Å²) >= 11 is 2.58. The highest BCUT2D eigenvalue weighted by Gasteiger charge is 2.32. The van der Waals surface area contributed by atoms with Crippen molar-refractivity contribution < 1.29 is 13.2 Å². The molecular weight excluding hydrogens is 428 g/mol. The molecule has 0 unspecified atom stereocenters. The molecule has 0 saturated carbocycles. The molecule has 1 N–H and O–H groups in total. The zero-order valence-electron chi connectivity index (χ0n) is 15.5. The summed E-state index contributed by atoms with van der Waals surface area (Å²) in [5.41, 5.74) is 1.14. The Morgan fingerprint density at radius 2 is 1.86 bits per heavy atom. The number of amides is 1. The molecule has 3 aromatic rings. The molecule has 1 fully saturated rings. The molecule has 0 bridgehead atoms. The van der Waals surface area contributed by atoms with Crippen LogP contribution in [0.5, 0.6) is 0 Å². The largest absolute Gasteiger partial charge is 0.300 e. The molecule has 1 amide bonds. The summed E-state index contributed by atoms with van der Waals surface area (Å²) in [6.07, 6.45) is 1.66. The van der Waals surface area contributed by atoms with Gasteiger partial charge in [-0.15, -0.1) is 21.5 Å². The Labute approximate surface area is 177 Å². The van der Waals surface area contributed by atoms with Gasteiger partial charge in [0.1, 0.15) is 9.22 Å². The minimum atomic E-state index is -3.45. The lowest BCUT2D eigenvalue weighted by Gasteiger charge is -2.29. The third kappa shape index (κ3) is 4.72. The zero-order valence-corrected chi connectivity index (χ0v) is 18.0. The summed E-state index contributed by atoms with van der Waals surface area (Å²) in [7, 11) is -3.45. The third-order valence-electron chi connectivity index (χ3n) is 4.81. The average Bonchev–Trinajstić information content (AvgIpc) is 3.42. The fraction of sp³-hybridized carbons (Fsp3) is 0.316. The maximum absolute atomic E-state index is 12.6. The second-order valence-electron chi connectivity index (χ2n) is 6.76. The van der Waals surface area contributed by atoms with E-state index in [2.05, 4.69) is 15.5 Å². The number of carbonyl (C=O) groups excluding carboxylic acids is 1. The van der Waals surface area contributed by atoms with E-state index < -0.39 is 10.0 Å². The second-order valence-corrected chi connectivity index (χ2v) is 10.9. The van der Waals surface area contributed by atoms with Crippen LogP contribution in [0, 0.1) is 5.92 Å². The third-order valence-corrected chi connectivity index (χ3v) is 8.92. The Kier molecular flexibility index (Phi) is 6.04. The normalized spacial score (nSPS) is 16.0. The summed E-state index contributed by atoms with van der Waals surface area (Å²) in [5.74, 6) is -0.355. The van der Waals surface area contributed by atoms with E-state index in [9.17, 15) is 13.2 Å². The number of hydrogen-bond acceptors (Lipinski definition) is 7. The Morgan fingerprint density at radius 1 is 1.10 bits per heavy atom. The fourth-order valence-electron chi connectivity index (χ4n) is 3.25. The number of piperidine rings is 1. The number of nitrogens with one attached hydrogen (secondary N) is 1. The molecular formula is C19H20N4O3S3. The van der Waals surface area contributed by atoms with Crippen LogP contribution in [0.1, 0.15) is 23.4 Å². The van der Waals surface area contributed by atoms with Gasteiger partial charge >= 0.3 is 0 Å². The van der Waals surface area contributed by atoms with Crippen molar-refractivity contribution in [2.24, 2.45) is 5.92 Å². The van der Waals surface area contributed by atoms with Crippen LogP contribution in [-0.4, -0.2) is 41.9 Å². The van der Waals surface area contributed by atoms with E-state index in [4.69, 9.17) is 0 Å². The van der Waals surface area contributed by atoms with Crippen LogP contribution in [0.2, 0.25) is 0 Å². The number of rotatable bonds is 6. The quantitative estimate of drug-likeness (QED) is 0.625. The molecule has 1 aliphatic heterocycles. The summed E-state index contributed by atoms with van der Waals surface area (Å²) in [4.78, 5) is 12.6. The number of benzene rings is 1. The number of thiophene rings is 1. The molecule has 29 heavy (non-hydrogen) atoms. The Bertz CT molecular complexity index is 1060. The smallest absolute Gasteiger partial charge is 0.252 e. The van der Waals surface area contributed by atoms with Gasteiger partial charge in [0.25, 0.3) is 10.0 Å². The summed E-state index contributed by atoms with van der Waals surface area (Å²) in [5, 5.41) is 14.1. The molecule has 0 aliphatic carbocycles. The number of aromatic nitrogens is 2. The first-order valence-corrected chi connectivity index (χ1v) is 12.4. The maximum atomic E-state index is 12.6. The molecule has 0 radical (unpaired) electrons. The number of carbonyl (C=O) groups is 1. The summed E-state index contributed by atoms with van der Waals surface area (Å²) < 4.78 is 27.0. The second kappa shape index (κ2) is 8.70. The maximum Gasteiger partial charge on any atom is 0.252 e. The van der Waals surface area contributed by atoms with Gasteiger partial charge in [0, 0.05) is 25.4 Å². The molecule has 7 nitrogen and oxygen atoms in total. The van der Waals surface area contributed by atoms with Crippen molar-refractivity contribution in [1.82, 2.24) is 14.5 Å². The van der Waals surface area contributed by atoms with E-state index in [1.54, 1.807) is 17.5 Å². The van der Waals surface area contributed by atoms with Crippen molar-refractivity contribution in [3.8, 4) is 0 Å². The highest BCUT2D eigenvalue weighted by atomic mass is 32.2. The Balaban J connectivity index is 1.31. The van der Waals surface area contributed by atoms with Gasteiger partial charge in [0.15, 0.2) is 0 Å². The molecule has 1 aromatic carbocycles. The number of nitrogens with zero attached hydrogens (tertiary/aromatic N) is 3. The molecule has 3 heterocycles. The predicted molar refractivity (Wildman–Crippen MR) is 114 cm³/mol. The van der Waals surface area contributed by atoms with E-state index in [0.29, 0.717) is 41.7 Å². The van der Waals surface area contributed by atoms with Crippen molar-refractivity contribution in [2.45, 2.75) is 23.5 Å². The topological polar surface area (TPSA) is 92.3 Å². The number of hydrogen-bond donors (Lipinski definition) is 1. The first-order valence-electron chi connectivity index (χ1n) is 9.23. The van der Waals surface area contributed by atoms with Gasteiger partial charge in [-0.1, -0.05) is 47.7 Å². The predicted octanol–water partition coefficient (Wildman–Crippen LogP) is 3.23. The van der Waals surface area contributed by atoms with Crippen LogP contribution in [0.3, 0.4) is 0 Å². The van der Waals surface area contributed by atoms with Crippen molar-refractivity contribution in [1.29, 1.82) is 0 Å². The summed E-state index contributed by atoms with van der Waals surface area (Å²) in [6, 6.07) is 13.3. The molecule has 152 valence electrons. The lowest BCUT2D eigenvalue weighted by atomic mass is 9.97. The Morgan fingerprint density at radius 3 is 2.55 bits per heavy atom. The van der Waals surface area contributed by atoms with E-state index in [0.717, 1.165) is 10.6 Å². The zero-order chi connectivity index (χ0) is 20.3. The van der Waals surface area contributed by atoms with E-state index in [-0.39, 0.29) is 11.8 Å². The molecule has 2 aromatic heterocycles. The van der Waals surface area contributed by atoms with Crippen LogP contribution < -0.4 is 5.32 Å². The SMILES string of the molecule is O=C(Nc1nnc(Cc2ccccc2)s1)C1CCN(S(=O)(=O)c2cccs2)CC1. The van der Waals surface area contributed by atoms with Crippen molar-refractivity contribution in [3.63, 3.8) is 0 Å². The van der Waals surface area contributed by atoms with Gasteiger partial charge in [0.2, 0.25) is 11.0 Å². The van der Waals surface area contributed by atoms with Gasteiger partial charge in [-0.3, -0.25) is 4.79 Å². The van der Waals surface area contributed by atoms with Crippen LogP contribution in [0.15, 0.2) is 52.1 Å². The van der Waals surface area contributed by atoms with Crippen LogP contribution in [-0.2, 0) is 21.2 Å². The summed E-state index contributed by atoms with van der Waals surface area (Å²) in [6.45, 7) is 0.682. The first-order chi connectivity index (χ1) is 14.0. The van der Waals surface area contributed by atoms with Crippen molar-refractivity contribution >= 4 is 43.7 Å². The molecule has 4 rings (SSSR count). The highest BCUT2D eigenvalue weighted by Crippen LogP contribution is 2.27. The molecule has 1 aliphatic rings. The van der Waals surface area contributed by atoms with Crippen molar-refractivity contribution in [2.75, 3.05) is 18.4 Å². The van der Waals surface area contributed by atoms with Crippen LogP contribution in [0.4, 0.5) is 5.13 Å². The monoisotopic (exact) mass is 448 g/mol. The highest BCUT2D eigenvalue weighted by molar-refractivity contribution is 7.91. The number of anilines is 1. The molecule has 10 heteroatoms. The van der Waals surface area contributed by atoms with Gasteiger partial charge < -0.3 is 5.32 Å².